The van der Waals surface area contributed by atoms with Crippen molar-refractivity contribution in [2.75, 3.05) is 31.7 Å². The predicted octanol–water partition coefficient (Wildman–Crippen LogP) is 4.24. The minimum atomic E-state index is -0.389. The van der Waals surface area contributed by atoms with Crippen LogP contribution in [-0.2, 0) is 27.4 Å². The second-order valence-corrected chi connectivity index (χ2v) is 11.2. The van der Waals surface area contributed by atoms with Gasteiger partial charge in [-0.25, -0.2) is 0 Å². The number of methoxy groups -OCH3 is 1. The first-order chi connectivity index (χ1) is 19.2. The zero-order valence-electron chi connectivity index (χ0n) is 23.1. The first-order valence-electron chi connectivity index (χ1n) is 13.2. The third kappa shape index (κ3) is 5.78. The number of piperidine rings is 1. The van der Waals surface area contributed by atoms with Crippen LogP contribution in [0.4, 0.5) is 5.82 Å². The third-order valence-electron chi connectivity index (χ3n) is 7.15. The van der Waals surface area contributed by atoms with Gasteiger partial charge < -0.3 is 14.4 Å². The van der Waals surface area contributed by atoms with E-state index in [1.807, 2.05) is 36.1 Å². The molecule has 1 unspecified atom stereocenters. The highest BCUT2D eigenvalue weighted by molar-refractivity contribution is 8.26. The van der Waals surface area contributed by atoms with Crippen molar-refractivity contribution in [3.8, 4) is 11.8 Å². The summed E-state index contributed by atoms with van der Waals surface area (Å²) in [6.45, 7) is 7.27. The Balaban J connectivity index is 1.76. The number of nitrogens with zero attached hydrogens (tertiary/aromatic N) is 4. The lowest BCUT2D eigenvalue weighted by Gasteiger charge is -2.36. The van der Waals surface area contributed by atoms with Gasteiger partial charge in [-0.15, -0.1) is 0 Å². The average molecular weight is 581 g/mol. The number of aromatic nitrogens is 1. The van der Waals surface area contributed by atoms with E-state index in [4.69, 9.17) is 21.7 Å². The molecule has 1 aromatic heterocycles. The standard InChI is InChI=1S/C29H32N4O5S2/c1-5-32-25(31-13-7-8-20(17-31)28(36)38-6-2)22(18(3)23(15-30)26(32)34)14-24-27(35)33(29(39)40-24)16-19-9-11-21(37-4)12-10-19/h9-12,14,20H,5-8,13,16-17H2,1-4H3. The summed E-state index contributed by atoms with van der Waals surface area (Å²) in [7, 11) is 1.60. The summed E-state index contributed by atoms with van der Waals surface area (Å²) >= 11 is 6.76. The van der Waals surface area contributed by atoms with Gasteiger partial charge in [0, 0.05) is 25.2 Å². The number of nitriles is 1. The quantitative estimate of drug-likeness (QED) is 0.258. The van der Waals surface area contributed by atoms with Crippen molar-refractivity contribution in [2.24, 2.45) is 5.92 Å². The molecule has 4 rings (SSSR count). The molecule has 0 aliphatic carbocycles. The highest BCUT2D eigenvalue weighted by Crippen LogP contribution is 2.37. The number of carbonyl (C=O) groups is 2. The number of hydrogen-bond acceptors (Lipinski definition) is 9. The minimum absolute atomic E-state index is 0.0320. The van der Waals surface area contributed by atoms with E-state index in [1.165, 1.54) is 11.8 Å². The number of ether oxygens (including phenoxy) is 2. The third-order valence-corrected chi connectivity index (χ3v) is 8.53. The van der Waals surface area contributed by atoms with Crippen molar-refractivity contribution in [1.29, 1.82) is 5.26 Å². The number of benzene rings is 1. The van der Waals surface area contributed by atoms with Crippen LogP contribution in [0.3, 0.4) is 0 Å². The van der Waals surface area contributed by atoms with Crippen molar-refractivity contribution in [2.45, 2.75) is 46.7 Å². The van der Waals surface area contributed by atoms with Gasteiger partial charge in [0.05, 0.1) is 31.1 Å². The molecule has 40 heavy (non-hydrogen) atoms. The number of thiocarbonyl (C=S) groups is 1. The van der Waals surface area contributed by atoms with Gasteiger partial charge >= 0.3 is 5.97 Å². The van der Waals surface area contributed by atoms with Gasteiger partial charge in [0.15, 0.2) is 0 Å². The topological polar surface area (TPSA) is 105 Å². The van der Waals surface area contributed by atoms with Crippen molar-refractivity contribution in [3.63, 3.8) is 0 Å². The van der Waals surface area contributed by atoms with E-state index in [2.05, 4.69) is 6.07 Å². The molecule has 2 aliphatic rings. The van der Waals surface area contributed by atoms with Gasteiger partial charge in [0.2, 0.25) is 0 Å². The molecule has 0 spiro atoms. The van der Waals surface area contributed by atoms with Crippen LogP contribution in [-0.4, -0.2) is 52.5 Å². The molecule has 0 saturated carbocycles. The van der Waals surface area contributed by atoms with E-state index in [-0.39, 0.29) is 28.9 Å². The zero-order valence-corrected chi connectivity index (χ0v) is 24.7. The number of esters is 1. The summed E-state index contributed by atoms with van der Waals surface area (Å²) in [5.41, 5.74) is 1.64. The molecule has 0 radical (unpaired) electrons. The van der Waals surface area contributed by atoms with E-state index in [1.54, 1.807) is 36.5 Å². The first kappa shape index (κ1) is 29.4. The van der Waals surface area contributed by atoms with E-state index >= 15 is 0 Å². The molecule has 2 saturated heterocycles. The highest BCUT2D eigenvalue weighted by atomic mass is 32.2. The van der Waals surface area contributed by atoms with Crippen LogP contribution in [0, 0.1) is 24.2 Å². The van der Waals surface area contributed by atoms with Crippen LogP contribution < -0.4 is 15.2 Å². The molecule has 1 aromatic carbocycles. The molecule has 3 heterocycles. The monoisotopic (exact) mass is 580 g/mol. The second kappa shape index (κ2) is 12.7. The molecular weight excluding hydrogens is 548 g/mol. The zero-order chi connectivity index (χ0) is 29.0. The number of rotatable bonds is 8. The number of pyridine rings is 1. The smallest absolute Gasteiger partial charge is 0.310 e. The summed E-state index contributed by atoms with van der Waals surface area (Å²) in [5, 5.41) is 9.85. The molecule has 210 valence electrons. The summed E-state index contributed by atoms with van der Waals surface area (Å²) in [4.78, 5) is 43.4. The molecule has 2 aromatic rings. The SMILES string of the molecule is CCOC(=O)C1CCCN(c2c(C=C3SC(=S)N(Cc4ccc(OC)cc4)C3=O)c(C)c(C#N)c(=O)n2CC)C1. The largest absolute Gasteiger partial charge is 0.497 e. The highest BCUT2D eigenvalue weighted by Gasteiger charge is 2.35. The van der Waals surface area contributed by atoms with Crippen LogP contribution >= 0.6 is 24.0 Å². The fraction of sp³-hybridized carbons (Fsp3) is 0.414. The summed E-state index contributed by atoms with van der Waals surface area (Å²) in [6, 6.07) is 9.49. The Morgan fingerprint density at radius 3 is 2.60 bits per heavy atom. The number of anilines is 1. The summed E-state index contributed by atoms with van der Waals surface area (Å²) in [6.07, 6.45) is 3.17. The summed E-state index contributed by atoms with van der Waals surface area (Å²) < 4.78 is 12.5. The van der Waals surface area contributed by atoms with Crippen molar-refractivity contribution < 1.29 is 19.1 Å². The Bertz CT molecular complexity index is 1460. The number of hydrogen-bond donors (Lipinski definition) is 0. The molecule has 1 amide bonds. The van der Waals surface area contributed by atoms with Gasteiger partial charge in [-0.05, 0) is 62.9 Å². The summed E-state index contributed by atoms with van der Waals surface area (Å²) in [5.74, 6) is 0.481. The number of carbonyl (C=O) groups excluding carboxylic acids is 2. The fourth-order valence-corrected chi connectivity index (χ4v) is 6.32. The molecule has 2 aliphatic heterocycles. The Hall–Kier alpha value is -3.62. The molecule has 9 nitrogen and oxygen atoms in total. The minimum Gasteiger partial charge on any atom is -0.497 e. The lowest BCUT2D eigenvalue weighted by Crippen LogP contribution is -2.43. The van der Waals surface area contributed by atoms with Crippen LogP contribution in [0.5, 0.6) is 5.75 Å². The maximum absolute atomic E-state index is 13.6. The van der Waals surface area contributed by atoms with Crippen LogP contribution in [0.15, 0.2) is 34.0 Å². The molecule has 2 fully saturated rings. The fourth-order valence-electron chi connectivity index (χ4n) is 5.08. The van der Waals surface area contributed by atoms with E-state index in [0.717, 1.165) is 17.7 Å². The Kier molecular flexibility index (Phi) is 9.32. The maximum Gasteiger partial charge on any atom is 0.310 e. The lowest BCUT2D eigenvalue weighted by molar-refractivity contribution is -0.148. The van der Waals surface area contributed by atoms with Gasteiger partial charge in [-0.1, -0.05) is 36.1 Å². The lowest BCUT2D eigenvalue weighted by atomic mass is 9.96. The second-order valence-electron chi connectivity index (χ2n) is 9.55. The predicted molar refractivity (Wildman–Crippen MR) is 159 cm³/mol. The Labute approximate surface area is 243 Å². The van der Waals surface area contributed by atoms with E-state index in [9.17, 15) is 19.6 Å². The molecule has 11 heteroatoms. The molecule has 1 atom stereocenters. The van der Waals surface area contributed by atoms with Gasteiger partial charge in [-0.3, -0.25) is 23.9 Å². The first-order valence-corrected chi connectivity index (χ1v) is 14.4. The van der Waals surface area contributed by atoms with Crippen molar-refractivity contribution in [1.82, 2.24) is 9.47 Å². The maximum atomic E-state index is 13.6. The Morgan fingerprint density at radius 2 is 1.98 bits per heavy atom. The van der Waals surface area contributed by atoms with Crippen LogP contribution in [0.1, 0.15) is 48.9 Å². The van der Waals surface area contributed by atoms with Gasteiger partial charge in [0.25, 0.3) is 11.5 Å². The number of thioether (sulfide) groups is 1. The molecule has 0 N–H and O–H groups in total. The van der Waals surface area contributed by atoms with E-state index < -0.39 is 0 Å². The number of amides is 1. The average Bonchev–Trinajstić information content (AvgIpc) is 3.22. The van der Waals surface area contributed by atoms with E-state index in [0.29, 0.717) is 65.4 Å². The Morgan fingerprint density at radius 1 is 1.25 bits per heavy atom. The van der Waals surface area contributed by atoms with Crippen LogP contribution in [0.2, 0.25) is 0 Å². The van der Waals surface area contributed by atoms with Gasteiger partial charge in [-0.2, -0.15) is 5.26 Å². The normalized spacial score (nSPS) is 18.3. The van der Waals surface area contributed by atoms with Gasteiger partial charge in [0.1, 0.15) is 27.5 Å². The van der Waals surface area contributed by atoms with Crippen molar-refractivity contribution in [3.05, 3.63) is 61.8 Å². The molecular formula is C29H32N4O5S2. The van der Waals surface area contributed by atoms with Crippen LogP contribution in [0.25, 0.3) is 6.08 Å². The van der Waals surface area contributed by atoms with Crippen molar-refractivity contribution >= 4 is 52.1 Å². The molecule has 0 bridgehead atoms.